The van der Waals surface area contributed by atoms with E-state index in [1.165, 1.54) is 0 Å². The van der Waals surface area contributed by atoms with Crippen LogP contribution in [-0.4, -0.2) is 62.1 Å². The minimum atomic E-state index is -3.01. The molecule has 6 heteroatoms. The summed E-state index contributed by atoms with van der Waals surface area (Å²) >= 11 is 0. The summed E-state index contributed by atoms with van der Waals surface area (Å²) in [5.41, 5.74) is 5.54. The predicted molar refractivity (Wildman–Crippen MR) is 70.4 cm³/mol. The molecule has 1 unspecified atom stereocenters. The maximum absolute atomic E-state index is 11.9. The molecule has 17 heavy (non-hydrogen) atoms. The van der Waals surface area contributed by atoms with Crippen molar-refractivity contribution in [2.24, 2.45) is 5.73 Å². The van der Waals surface area contributed by atoms with Gasteiger partial charge in [-0.15, -0.1) is 0 Å². The molecule has 0 saturated carbocycles. The van der Waals surface area contributed by atoms with Crippen molar-refractivity contribution >= 4 is 10.0 Å². The second-order valence-corrected chi connectivity index (χ2v) is 6.77. The highest BCUT2D eigenvalue weighted by Crippen LogP contribution is 2.12. The van der Waals surface area contributed by atoms with Gasteiger partial charge in [0.2, 0.25) is 10.0 Å². The fourth-order valence-corrected chi connectivity index (χ4v) is 3.73. The van der Waals surface area contributed by atoms with Crippen LogP contribution in [0.1, 0.15) is 26.7 Å². The van der Waals surface area contributed by atoms with Gasteiger partial charge >= 0.3 is 0 Å². The molecule has 1 aliphatic heterocycles. The lowest BCUT2D eigenvalue weighted by Crippen LogP contribution is -2.51. The number of hydrogen-bond donors (Lipinski definition) is 1. The Balaban J connectivity index is 2.45. The third-order valence-corrected chi connectivity index (χ3v) is 5.41. The first-order valence-corrected chi connectivity index (χ1v) is 8.04. The van der Waals surface area contributed by atoms with E-state index in [9.17, 15) is 8.42 Å². The highest BCUT2D eigenvalue weighted by Gasteiger charge is 2.27. The number of rotatable bonds is 6. The average molecular weight is 263 g/mol. The molecule has 2 N–H and O–H groups in total. The van der Waals surface area contributed by atoms with Crippen LogP contribution in [0, 0.1) is 0 Å². The Morgan fingerprint density at radius 1 is 1.24 bits per heavy atom. The zero-order valence-corrected chi connectivity index (χ0v) is 11.7. The Labute approximate surface area is 105 Å². The molecule has 0 aromatic carbocycles. The molecule has 0 radical (unpaired) electrons. The second kappa shape index (κ2) is 6.68. The smallest absolute Gasteiger partial charge is 0.214 e. The van der Waals surface area contributed by atoms with Crippen LogP contribution in [-0.2, 0) is 10.0 Å². The Bertz CT molecular complexity index is 311. The van der Waals surface area contributed by atoms with Gasteiger partial charge in [0, 0.05) is 32.2 Å². The normalized spacial score (nSPS) is 21.6. The topological polar surface area (TPSA) is 66.6 Å². The van der Waals surface area contributed by atoms with Gasteiger partial charge < -0.3 is 5.73 Å². The molecule has 0 spiro atoms. The van der Waals surface area contributed by atoms with Gasteiger partial charge in [-0.2, -0.15) is 4.31 Å². The third-order valence-electron chi connectivity index (χ3n) is 3.34. The lowest BCUT2D eigenvalue weighted by Gasteiger charge is -2.37. The molecule has 1 aliphatic rings. The van der Waals surface area contributed by atoms with E-state index in [0.29, 0.717) is 32.1 Å². The van der Waals surface area contributed by atoms with E-state index in [2.05, 4.69) is 11.8 Å². The summed E-state index contributed by atoms with van der Waals surface area (Å²) in [6, 6.07) is 0.455. The highest BCUT2D eigenvalue weighted by atomic mass is 32.2. The molecule has 1 heterocycles. The van der Waals surface area contributed by atoms with Crippen molar-refractivity contribution in [1.29, 1.82) is 0 Å². The maximum Gasteiger partial charge on any atom is 0.214 e. The standard InChI is InChI=1S/C11H25N3O2S/c1-3-10-17(15,16)14-8-6-13(7-9-14)11(2)4-5-12/h11H,3-10,12H2,1-2H3. The summed E-state index contributed by atoms with van der Waals surface area (Å²) in [6.07, 6.45) is 1.66. The van der Waals surface area contributed by atoms with Crippen LogP contribution in [0.4, 0.5) is 0 Å². The van der Waals surface area contributed by atoms with Gasteiger partial charge in [-0.3, -0.25) is 4.90 Å². The monoisotopic (exact) mass is 263 g/mol. The largest absolute Gasteiger partial charge is 0.330 e. The first kappa shape index (κ1) is 14.9. The van der Waals surface area contributed by atoms with Gasteiger partial charge in [0.1, 0.15) is 0 Å². The molecule has 1 rings (SSSR count). The summed E-state index contributed by atoms with van der Waals surface area (Å²) in [5, 5.41) is 0. The zero-order chi connectivity index (χ0) is 12.9. The van der Waals surface area contributed by atoms with Crippen molar-refractivity contribution in [1.82, 2.24) is 9.21 Å². The summed E-state index contributed by atoms with van der Waals surface area (Å²) in [6.45, 7) is 7.64. The Kier molecular flexibility index (Phi) is 5.85. The lowest BCUT2D eigenvalue weighted by atomic mass is 10.2. The van der Waals surface area contributed by atoms with Crippen molar-refractivity contribution in [3.05, 3.63) is 0 Å². The van der Waals surface area contributed by atoms with Crippen LogP contribution in [0.3, 0.4) is 0 Å². The van der Waals surface area contributed by atoms with Crippen molar-refractivity contribution in [2.75, 3.05) is 38.5 Å². The van der Waals surface area contributed by atoms with Crippen LogP contribution >= 0.6 is 0 Å². The molecule has 0 amide bonds. The summed E-state index contributed by atoms with van der Waals surface area (Å²) in [4.78, 5) is 2.32. The van der Waals surface area contributed by atoms with E-state index in [-0.39, 0.29) is 5.75 Å². The molecular formula is C11H25N3O2S. The lowest BCUT2D eigenvalue weighted by molar-refractivity contribution is 0.141. The molecule has 0 aromatic rings. The quantitative estimate of drug-likeness (QED) is 0.737. The van der Waals surface area contributed by atoms with Crippen LogP contribution in [0.15, 0.2) is 0 Å². The van der Waals surface area contributed by atoms with Crippen LogP contribution in [0.2, 0.25) is 0 Å². The number of sulfonamides is 1. The molecular weight excluding hydrogens is 238 g/mol. The van der Waals surface area contributed by atoms with Crippen molar-refractivity contribution < 1.29 is 8.42 Å². The van der Waals surface area contributed by atoms with E-state index in [1.54, 1.807) is 4.31 Å². The predicted octanol–water partition coefficient (Wildman–Crippen LogP) is 0.0811. The molecule has 0 aromatic heterocycles. The number of hydrogen-bond acceptors (Lipinski definition) is 4. The second-order valence-electron chi connectivity index (χ2n) is 4.68. The molecule has 0 aliphatic carbocycles. The molecule has 102 valence electrons. The highest BCUT2D eigenvalue weighted by molar-refractivity contribution is 7.89. The van der Waals surface area contributed by atoms with Gasteiger partial charge in [0.15, 0.2) is 0 Å². The van der Waals surface area contributed by atoms with Gasteiger partial charge in [0.25, 0.3) is 0 Å². The van der Waals surface area contributed by atoms with E-state index in [1.807, 2.05) is 6.92 Å². The van der Waals surface area contributed by atoms with Gasteiger partial charge in [-0.25, -0.2) is 8.42 Å². The van der Waals surface area contributed by atoms with Gasteiger partial charge in [-0.1, -0.05) is 6.92 Å². The van der Waals surface area contributed by atoms with Crippen LogP contribution in [0.25, 0.3) is 0 Å². The molecule has 1 atom stereocenters. The van der Waals surface area contributed by atoms with E-state index >= 15 is 0 Å². The van der Waals surface area contributed by atoms with Crippen LogP contribution in [0.5, 0.6) is 0 Å². The summed E-state index contributed by atoms with van der Waals surface area (Å²) in [5.74, 6) is 0.269. The Hall–Kier alpha value is -0.170. The van der Waals surface area contributed by atoms with E-state index < -0.39 is 10.0 Å². The van der Waals surface area contributed by atoms with Crippen molar-refractivity contribution in [3.63, 3.8) is 0 Å². The molecule has 1 fully saturated rings. The average Bonchev–Trinajstić information content (AvgIpc) is 2.29. The third kappa shape index (κ3) is 4.21. The van der Waals surface area contributed by atoms with E-state index in [4.69, 9.17) is 5.73 Å². The van der Waals surface area contributed by atoms with Gasteiger partial charge in [0.05, 0.1) is 5.75 Å². The first-order valence-electron chi connectivity index (χ1n) is 6.43. The number of nitrogens with zero attached hydrogens (tertiary/aromatic N) is 2. The van der Waals surface area contributed by atoms with Crippen molar-refractivity contribution in [2.45, 2.75) is 32.7 Å². The van der Waals surface area contributed by atoms with Gasteiger partial charge in [-0.05, 0) is 26.3 Å². The summed E-state index contributed by atoms with van der Waals surface area (Å²) in [7, 11) is -3.01. The Morgan fingerprint density at radius 2 is 1.82 bits per heavy atom. The van der Waals surface area contributed by atoms with Crippen molar-refractivity contribution in [3.8, 4) is 0 Å². The van der Waals surface area contributed by atoms with E-state index in [0.717, 1.165) is 19.5 Å². The minimum Gasteiger partial charge on any atom is -0.330 e. The number of nitrogens with two attached hydrogens (primary N) is 1. The minimum absolute atomic E-state index is 0.269. The first-order chi connectivity index (χ1) is 8.01. The molecule has 0 bridgehead atoms. The fraction of sp³-hybridized carbons (Fsp3) is 1.00. The molecule has 5 nitrogen and oxygen atoms in total. The maximum atomic E-state index is 11.9. The SMILES string of the molecule is CCCS(=O)(=O)N1CCN(C(C)CCN)CC1. The summed E-state index contributed by atoms with van der Waals surface area (Å²) < 4.78 is 25.4. The fourth-order valence-electron chi connectivity index (χ4n) is 2.23. The molecule has 1 saturated heterocycles. The Morgan fingerprint density at radius 3 is 2.29 bits per heavy atom. The zero-order valence-electron chi connectivity index (χ0n) is 10.9. The number of piperazine rings is 1. The van der Waals surface area contributed by atoms with Crippen LogP contribution < -0.4 is 5.73 Å².